The lowest BCUT2D eigenvalue weighted by atomic mass is 10.1. The molecule has 0 unspecified atom stereocenters. The largest absolute Gasteiger partial charge is 0.417 e. The highest BCUT2D eigenvalue weighted by Crippen LogP contribution is 2.37. The van der Waals surface area contributed by atoms with E-state index >= 15 is 0 Å². The molecule has 132 valence electrons. The number of aromatic nitrogens is 1. The van der Waals surface area contributed by atoms with Crippen LogP contribution in [0.25, 0.3) is 11.0 Å². The van der Waals surface area contributed by atoms with Crippen LogP contribution >= 0.6 is 11.6 Å². The number of halogens is 4. The van der Waals surface area contributed by atoms with Gasteiger partial charge >= 0.3 is 6.18 Å². The second-order valence-corrected chi connectivity index (χ2v) is 6.08. The van der Waals surface area contributed by atoms with E-state index in [2.05, 4.69) is 10.5 Å². The van der Waals surface area contributed by atoms with Gasteiger partial charge in [-0.2, -0.15) is 13.2 Å². The molecule has 8 heteroatoms. The smallest absolute Gasteiger partial charge is 0.377 e. The van der Waals surface area contributed by atoms with Crippen LogP contribution in [-0.2, 0) is 12.7 Å². The predicted octanol–water partition coefficient (Wildman–Crippen LogP) is 5.18. The summed E-state index contributed by atoms with van der Waals surface area (Å²) < 4.78 is 44.1. The Morgan fingerprint density at radius 3 is 2.56 bits per heavy atom. The lowest BCUT2D eigenvalue weighted by Crippen LogP contribution is -2.10. The molecule has 0 aliphatic carbocycles. The molecule has 3 aromatic rings. The second-order valence-electron chi connectivity index (χ2n) is 5.71. The van der Waals surface area contributed by atoms with Crippen LogP contribution in [0, 0.1) is 0 Å². The Hall–Kier alpha value is -2.41. The molecule has 0 amide bonds. The molecule has 2 aromatic carbocycles. The molecular formula is C17H15ClF3N3O. The number of nitrogens with zero attached hydrogens (tertiary/aromatic N) is 2. The normalized spacial score (nSPS) is 11.8. The molecule has 0 saturated heterocycles. The minimum atomic E-state index is -4.49. The average Bonchev–Trinajstić information content (AvgIpc) is 2.96. The first-order valence-electron chi connectivity index (χ1n) is 7.43. The van der Waals surface area contributed by atoms with E-state index < -0.39 is 11.7 Å². The SMILES string of the molecule is CN(C)c1cccc2onc(NCc3cccc(C(F)(F)F)c3Cl)c12. The maximum Gasteiger partial charge on any atom is 0.417 e. The lowest BCUT2D eigenvalue weighted by molar-refractivity contribution is -0.137. The van der Waals surface area contributed by atoms with Gasteiger partial charge in [0.05, 0.1) is 21.7 Å². The van der Waals surface area contributed by atoms with Gasteiger partial charge in [0.1, 0.15) is 0 Å². The number of hydrogen-bond donors (Lipinski definition) is 1. The Labute approximate surface area is 147 Å². The van der Waals surface area contributed by atoms with Crippen LogP contribution in [0.15, 0.2) is 40.9 Å². The summed E-state index contributed by atoms with van der Waals surface area (Å²) in [6, 6.07) is 9.36. The van der Waals surface area contributed by atoms with Crippen LogP contribution in [0.1, 0.15) is 11.1 Å². The van der Waals surface area contributed by atoms with Gasteiger partial charge in [-0.3, -0.25) is 0 Å². The summed E-state index contributed by atoms with van der Waals surface area (Å²) in [4.78, 5) is 1.90. The van der Waals surface area contributed by atoms with Crippen LogP contribution in [0.2, 0.25) is 5.02 Å². The topological polar surface area (TPSA) is 41.3 Å². The first-order valence-corrected chi connectivity index (χ1v) is 7.81. The molecule has 0 fully saturated rings. The number of hydrogen-bond acceptors (Lipinski definition) is 4. The van der Waals surface area contributed by atoms with Crippen molar-refractivity contribution in [2.75, 3.05) is 24.3 Å². The highest BCUT2D eigenvalue weighted by Gasteiger charge is 2.33. The summed E-state index contributed by atoms with van der Waals surface area (Å²) in [5.74, 6) is 0.452. The molecule has 0 aliphatic rings. The van der Waals surface area contributed by atoms with Gasteiger partial charge in [0.25, 0.3) is 0 Å². The molecule has 0 saturated carbocycles. The summed E-state index contributed by atoms with van der Waals surface area (Å²) in [5, 5.41) is 7.43. The first-order chi connectivity index (χ1) is 11.8. The first kappa shape index (κ1) is 17.4. The Morgan fingerprint density at radius 1 is 1.16 bits per heavy atom. The maximum absolute atomic E-state index is 13.0. The average molecular weight is 370 g/mol. The zero-order chi connectivity index (χ0) is 18.2. The monoisotopic (exact) mass is 369 g/mol. The van der Waals surface area contributed by atoms with Crippen LogP contribution in [-0.4, -0.2) is 19.3 Å². The van der Waals surface area contributed by atoms with E-state index in [0.29, 0.717) is 17.0 Å². The van der Waals surface area contributed by atoms with Gasteiger partial charge < -0.3 is 14.7 Å². The van der Waals surface area contributed by atoms with Crippen molar-refractivity contribution in [3.8, 4) is 0 Å². The Morgan fingerprint density at radius 2 is 1.88 bits per heavy atom. The highest BCUT2D eigenvalue weighted by atomic mass is 35.5. The quantitative estimate of drug-likeness (QED) is 0.688. The van der Waals surface area contributed by atoms with Crippen molar-refractivity contribution in [2.45, 2.75) is 12.7 Å². The van der Waals surface area contributed by atoms with Crippen molar-refractivity contribution >= 4 is 34.1 Å². The molecule has 25 heavy (non-hydrogen) atoms. The fourth-order valence-electron chi connectivity index (χ4n) is 2.58. The van der Waals surface area contributed by atoms with E-state index in [9.17, 15) is 13.2 Å². The summed E-state index contributed by atoms with van der Waals surface area (Å²) in [6.45, 7) is 0.0894. The fourth-order valence-corrected chi connectivity index (χ4v) is 2.88. The van der Waals surface area contributed by atoms with E-state index in [1.165, 1.54) is 6.07 Å². The molecule has 0 bridgehead atoms. The second kappa shape index (κ2) is 6.48. The minimum Gasteiger partial charge on any atom is -0.377 e. The number of benzene rings is 2. The molecule has 0 spiro atoms. The third-order valence-electron chi connectivity index (χ3n) is 3.79. The number of rotatable bonds is 4. The van der Waals surface area contributed by atoms with Gasteiger partial charge in [0.15, 0.2) is 11.4 Å². The van der Waals surface area contributed by atoms with Crippen molar-refractivity contribution in [1.29, 1.82) is 0 Å². The van der Waals surface area contributed by atoms with Gasteiger partial charge in [-0.15, -0.1) is 0 Å². The molecule has 1 aromatic heterocycles. The Kier molecular flexibility index (Phi) is 4.51. The van der Waals surface area contributed by atoms with E-state index in [1.807, 2.05) is 31.1 Å². The van der Waals surface area contributed by atoms with Crippen LogP contribution in [0.3, 0.4) is 0 Å². The van der Waals surface area contributed by atoms with Crippen LogP contribution in [0.5, 0.6) is 0 Å². The van der Waals surface area contributed by atoms with Gasteiger partial charge in [-0.25, -0.2) is 0 Å². The van der Waals surface area contributed by atoms with Gasteiger partial charge in [-0.05, 0) is 23.8 Å². The lowest BCUT2D eigenvalue weighted by Gasteiger charge is -2.15. The summed E-state index contributed by atoms with van der Waals surface area (Å²) in [7, 11) is 3.77. The highest BCUT2D eigenvalue weighted by molar-refractivity contribution is 6.32. The maximum atomic E-state index is 13.0. The summed E-state index contributed by atoms with van der Waals surface area (Å²) in [5.41, 5.74) is 0.947. The Bertz CT molecular complexity index is 906. The standard InChI is InChI=1S/C17H15ClF3N3O/c1-24(2)12-7-4-8-13-14(12)16(23-25-13)22-9-10-5-3-6-11(15(10)18)17(19,20)21/h3-8H,9H2,1-2H3,(H,22,23). The molecule has 0 radical (unpaired) electrons. The molecule has 0 aliphatic heterocycles. The molecule has 3 rings (SSSR count). The molecule has 1 N–H and O–H groups in total. The van der Waals surface area contributed by atoms with Crippen molar-refractivity contribution in [1.82, 2.24) is 5.16 Å². The van der Waals surface area contributed by atoms with Crippen molar-refractivity contribution in [2.24, 2.45) is 0 Å². The Balaban J connectivity index is 1.92. The number of nitrogens with one attached hydrogen (secondary N) is 1. The summed E-state index contributed by atoms with van der Waals surface area (Å²) in [6.07, 6.45) is -4.49. The molecular weight excluding hydrogens is 355 g/mol. The van der Waals surface area contributed by atoms with Gasteiger partial charge in [-0.1, -0.05) is 35.0 Å². The third kappa shape index (κ3) is 3.37. The fraction of sp³-hybridized carbons (Fsp3) is 0.235. The molecule has 0 atom stereocenters. The van der Waals surface area contributed by atoms with Gasteiger partial charge in [0, 0.05) is 20.6 Å². The van der Waals surface area contributed by atoms with Crippen molar-refractivity contribution in [3.63, 3.8) is 0 Å². The zero-order valence-corrected chi connectivity index (χ0v) is 14.2. The number of alkyl halides is 3. The zero-order valence-electron chi connectivity index (χ0n) is 13.5. The van der Waals surface area contributed by atoms with Crippen molar-refractivity contribution < 1.29 is 17.7 Å². The van der Waals surface area contributed by atoms with E-state index in [1.54, 1.807) is 12.1 Å². The number of fused-ring (bicyclic) bond motifs is 1. The predicted molar refractivity (Wildman–Crippen MR) is 92.1 cm³/mol. The minimum absolute atomic E-state index is 0.0894. The van der Waals surface area contributed by atoms with Crippen LogP contribution < -0.4 is 10.2 Å². The number of anilines is 2. The molecule has 1 heterocycles. The van der Waals surface area contributed by atoms with E-state index in [-0.39, 0.29) is 11.6 Å². The van der Waals surface area contributed by atoms with Crippen LogP contribution in [0.4, 0.5) is 24.7 Å². The van der Waals surface area contributed by atoms with Gasteiger partial charge in [0.2, 0.25) is 0 Å². The third-order valence-corrected chi connectivity index (χ3v) is 4.23. The van der Waals surface area contributed by atoms with E-state index in [0.717, 1.165) is 17.1 Å². The van der Waals surface area contributed by atoms with Crippen molar-refractivity contribution in [3.05, 3.63) is 52.5 Å². The summed E-state index contributed by atoms with van der Waals surface area (Å²) >= 11 is 5.92. The molecule has 4 nitrogen and oxygen atoms in total. The van der Waals surface area contributed by atoms with E-state index in [4.69, 9.17) is 16.1 Å².